The Morgan fingerprint density at radius 3 is 2.79 bits per heavy atom. The Morgan fingerprint density at radius 1 is 1.47 bits per heavy atom. The molecule has 0 saturated carbocycles. The summed E-state index contributed by atoms with van der Waals surface area (Å²) in [6, 6.07) is 6.23. The summed E-state index contributed by atoms with van der Waals surface area (Å²) in [5.41, 5.74) is 0.740. The smallest absolute Gasteiger partial charge is 0.254 e. The maximum absolute atomic E-state index is 13.3. The second-order valence-electron chi connectivity index (χ2n) is 5.01. The number of halogens is 1. The minimum absolute atomic E-state index is 0.373. The summed E-state index contributed by atoms with van der Waals surface area (Å²) in [4.78, 5) is 15.3. The number of H-pyrrole nitrogens is 1. The van der Waals surface area contributed by atoms with Crippen molar-refractivity contribution in [3.8, 4) is 6.07 Å². The standard InChI is InChI=1S/C14H14FN3O/c1-8-12(13(19)18-14(2,3)7-16)10-6-9(15)4-5-11(10)17-8/h4-6,17H,1-3H3,(H,18,19). The monoisotopic (exact) mass is 259 g/mol. The van der Waals surface area contributed by atoms with E-state index in [2.05, 4.69) is 10.3 Å². The van der Waals surface area contributed by atoms with Gasteiger partial charge in [0.05, 0.1) is 11.6 Å². The quantitative estimate of drug-likeness (QED) is 0.870. The van der Waals surface area contributed by atoms with Crippen LogP contribution in [0.4, 0.5) is 4.39 Å². The Bertz CT molecular complexity index is 695. The van der Waals surface area contributed by atoms with Gasteiger partial charge in [-0.3, -0.25) is 4.79 Å². The third-order valence-corrected chi connectivity index (χ3v) is 2.88. The minimum Gasteiger partial charge on any atom is -0.358 e. The van der Waals surface area contributed by atoms with Crippen LogP contribution < -0.4 is 5.32 Å². The summed E-state index contributed by atoms with van der Waals surface area (Å²) in [7, 11) is 0. The van der Waals surface area contributed by atoms with Crippen molar-refractivity contribution in [1.29, 1.82) is 5.26 Å². The van der Waals surface area contributed by atoms with Gasteiger partial charge in [-0.15, -0.1) is 0 Å². The van der Waals surface area contributed by atoms with E-state index in [1.54, 1.807) is 26.8 Å². The van der Waals surface area contributed by atoms with Crippen molar-refractivity contribution in [2.24, 2.45) is 0 Å². The van der Waals surface area contributed by atoms with Crippen LogP contribution in [0.1, 0.15) is 29.9 Å². The molecule has 5 heteroatoms. The molecule has 0 unspecified atom stereocenters. The van der Waals surface area contributed by atoms with Gasteiger partial charge in [0.2, 0.25) is 0 Å². The van der Waals surface area contributed by atoms with Gasteiger partial charge in [0.15, 0.2) is 0 Å². The van der Waals surface area contributed by atoms with Gasteiger partial charge in [-0.05, 0) is 39.0 Å². The Balaban J connectivity index is 2.51. The number of rotatable bonds is 2. The maximum Gasteiger partial charge on any atom is 0.254 e. The molecule has 98 valence electrons. The number of fused-ring (bicyclic) bond motifs is 1. The molecule has 0 radical (unpaired) electrons. The van der Waals surface area contributed by atoms with Crippen LogP contribution in [-0.4, -0.2) is 16.4 Å². The number of carbonyl (C=O) groups is 1. The second-order valence-corrected chi connectivity index (χ2v) is 5.01. The average Bonchev–Trinajstić information content (AvgIpc) is 2.64. The highest BCUT2D eigenvalue weighted by molar-refractivity contribution is 6.08. The average molecular weight is 259 g/mol. The minimum atomic E-state index is -0.972. The van der Waals surface area contributed by atoms with Crippen molar-refractivity contribution in [1.82, 2.24) is 10.3 Å². The van der Waals surface area contributed by atoms with Gasteiger partial charge in [0.25, 0.3) is 5.91 Å². The molecule has 2 rings (SSSR count). The van der Waals surface area contributed by atoms with Crippen LogP contribution in [0.5, 0.6) is 0 Å². The summed E-state index contributed by atoms with van der Waals surface area (Å²) in [5, 5.41) is 12.1. The summed E-state index contributed by atoms with van der Waals surface area (Å²) < 4.78 is 13.3. The van der Waals surface area contributed by atoms with Gasteiger partial charge in [-0.25, -0.2) is 4.39 Å². The largest absolute Gasteiger partial charge is 0.358 e. The highest BCUT2D eigenvalue weighted by Gasteiger charge is 2.23. The highest BCUT2D eigenvalue weighted by Crippen LogP contribution is 2.23. The fraction of sp³-hybridized carbons (Fsp3) is 0.286. The van der Waals surface area contributed by atoms with Crippen molar-refractivity contribution >= 4 is 16.8 Å². The predicted molar refractivity (Wildman–Crippen MR) is 70.2 cm³/mol. The molecule has 0 bridgehead atoms. The van der Waals surface area contributed by atoms with E-state index in [1.807, 2.05) is 6.07 Å². The zero-order valence-corrected chi connectivity index (χ0v) is 11.0. The van der Waals surface area contributed by atoms with Crippen molar-refractivity contribution in [2.45, 2.75) is 26.3 Å². The molecule has 0 aliphatic rings. The molecule has 0 aliphatic heterocycles. The van der Waals surface area contributed by atoms with E-state index >= 15 is 0 Å². The normalized spacial score (nSPS) is 11.3. The molecule has 4 nitrogen and oxygen atoms in total. The SMILES string of the molecule is Cc1[nH]c2ccc(F)cc2c1C(=O)NC(C)(C)C#N. The topological polar surface area (TPSA) is 68.7 Å². The van der Waals surface area contributed by atoms with Crippen molar-refractivity contribution < 1.29 is 9.18 Å². The Hall–Kier alpha value is -2.35. The van der Waals surface area contributed by atoms with E-state index in [9.17, 15) is 9.18 Å². The van der Waals surface area contributed by atoms with E-state index in [4.69, 9.17) is 5.26 Å². The number of aryl methyl sites for hydroxylation is 1. The van der Waals surface area contributed by atoms with E-state index in [0.29, 0.717) is 22.2 Å². The van der Waals surface area contributed by atoms with Gasteiger partial charge in [0.1, 0.15) is 11.4 Å². The molecule has 2 N–H and O–H groups in total. The number of hydrogen-bond donors (Lipinski definition) is 2. The number of amides is 1. The second kappa shape index (κ2) is 4.39. The molecular formula is C14H14FN3O. The molecule has 0 spiro atoms. The lowest BCUT2D eigenvalue weighted by Gasteiger charge is -2.17. The van der Waals surface area contributed by atoms with Crippen LogP contribution in [0.25, 0.3) is 10.9 Å². The Kier molecular flexibility index (Phi) is 3.03. The predicted octanol–water partition coefficient (Wildman–Crippen LogP) is 2.65. The molecular weight excluding hydrogens is 245 g/mol. The number of aromatic amines is 1. The first kappa shape index (κ1) is 13.1. The number of nitrogens with one attached hydrogen (secondary N) is 2. The molecule has 19 heavy (non-hydrogen) atoms. The summed E-state index contributed by atoms with van der Waals surface area (Å²) >= 11 is 0. The van der Waals surface area contributed by atoms with Gasteiger partial charge in [0, 0.05) is 16.6 Å². The first-order chi connectivity index (χ1) is 8.84. The van der Waals surface area contributed by atoms with E-state index in [1.165, 1.54) is 12.1 Å². The first-order valence-corrected chi connectivity index (χ1v) is 5.85. The van der Waals surface area contributed by atoms with Crippen LogP contribution >= 0.6 is 0 Å². The lowest BCUT2D eigenvalue weighted by atomic mass is 10.1. The van der Waals surface area contributed by atoms with E-state index in [-0.39, 0.29) is 5.91 Å². The van der Waals surface area contributed by atoms with Gasteiger partial charge in [-0.1, -0.05) is 0 Å². The molecule has 0 aliphatic carbocycles. The lowest BCUT2D eigenvalue weighted by Crippen LogP contribution is -2.42. The molecule has 1 heterocycles. The van der Waals surface area contributed by atoms with Crippen LogP contribution in [0.2, 0.25) is 0 Å². The van der Waals surface area contributed by atoms with Crippen molar-refractivity contribution in [3.63, 3.8) is 0 Å². The third-order valence-electron chi connectivity index (χ3n) is 2.88. The number of aromatic nitrogens is 1. The highest BCUT2D eigenvalue weighted by atomic mass is 19.1. The Morgan fingerprint density at radius 2 is 2.16 bits per heavy atom. The molecule has 1 aromatic carbocycles. The molecule has 0 saturated heterocycles. The Labute approximate surface area is 110 Å². The van der Waals surface area contributed by atoms with Crippen LogP contribution in [0.15, 0.2) is 18.2 Å². The molecule has 0 fully saturated rings. The van der Waals surface area contributed by atoms with E-state index in [0.717, 1.165) is 0 Å². The molecule has 2 aromatic rings. The first-order valence-electron chi connectivity index (χ1n) is 5.85. The summed E-state index contributed by atoms with van der Waals surface area (Å²) in [5.74, 6) is -0.791. The van der Waals surface area contributed by atoms with Crippen LogP contribution in [0.3, 0.4) is 0 Å². The number of benzene rings is 1. The fourth-order valence-electron chi connectivity index (χ4n) is 1.97. The molecule has 1 amide bonds. The van der Waals surface area contributed by atoms with Gasteiger partial charge in [-0.2, -0.15) is 5.26 Å². The lowest BCUT2D eigenvalue weighted by molar-refractivity contribution is 0.0930. The zero-order valence-electron chi connectivity index (χ0n) is 11.0. The van der Waals surface area contributed by atoms with Crippen LogP contribution in [-0.2, 0) is 0 Å². The summed E-state index contributed by atoms with van der Waals surface area (Å²) in [6.45, 7) is 4.96. The van der Waals surface area contributed by atoms with Gasteiger partial charge < -0.3 is 10.3 Å². The van der Waals surface area contributed by atoms with Gasteiger partial charge >= 0.3 is 0 Å². The molecule has 1 aromatic heterocycles. The van der Waals surface area contributed by atoms with Crippen LogP contribution in [0, 0.1) is 24.1 Å². The maximum atomic E-state index is 13.3. The number of carbonyl (C=O) groups excluding carboxylic acids is 1. The van der Waals surface area contributed by atoms with Crippen molar-refractivity contribution in [3.05, 3.63) is 35.3 Å². The number of nitriles is 1. The number of nitrogens with zero attached hydrogens (tertiary/aromatic N) is 1. The van der Waals surface area contributed by atoms with Crippen molar-refractivity contribution in [2.75, 3.05) is 0 Å². The van der Waals surface area contributed by atoms with E-state index < -0.39 is 11.4 Å². The third kappa shape index (κ3) is 2.43. The number of hydrogen-bond acceptors (Lipinski definition) is 2. The molecule has 0 atom stereocenters. The zero-order chi connectivity index (χ0) is 14.2. The fourth-order valence-corrected chi connectivity index (χ4v) is 1.97. The summed E-state index contributed by atoms with van der Waals surface area (Å²) in [6.07, 6.45) is 0.